The molecule has 0 spiro atoms. The van der Waals surface area contributed by atoms with E-state index in [2.05, 4.69) is 5.32 Å². The van der Waals surface area contributed by atoms with Gasteiger partial charge < -0.3 is 19.9 Å². The highest BCUT2D eigenvalue weighted by Gasteiger charge is 2.39. The van der Waals surface area contributed by atoms with E-state index in [0.717, 1.165) is 35.7 Å². The number of amides is 1. The lowest BCUT2D eigenvalue weighted by atomic mass is 9.80. The van der Waals surface area contributed by atoms with Crippen LogP contribution in [-0.4, -0.2) is 47.0 Å². The summed E-state index contributed by atoms with van der Waals surface area (Å²) in [4.78, 5) is 25.3. The van der Waals surface area contributed by atoms with Crippen LogP contribution in [0.4, 0.5) is 0 Å². The van der Waals surface area contributed by atoms with Crippen molar-refractivity contribution in [2.75, 3.05) is 13.2 Å². The average Bonchev–Trinajstić information content (AvgIpc) is 3.15. The van der Waals surface area contributed by atoms with Crippen LogP contribution in [0.5, 0.6) is 0 Å². The van der Waals surface area contributed by atoms with Crippen molar-refractivity contribution in [2.24, 2.45) is 5.92 Å². The molecule has 0 bridgehead atoms. The summed E-state index contributed by atoms with van der Waals surface area (Å²) in [5, 5.41) is 13.5. The van der Waals surface area contributed by atoms with Crippen molar-refractivity contribution in [3.63, 3.8) is 0 Å². The zero-order valence-electron chi connectivity index (χ0n) is 18.8. The van der Waals surface area contributed by atoms with Crippen LogP contribution < -0.4 is 5.32 Å². The van der Waals surface area contributed by atoms with E-state index in [4.69, 9.17) is 9.47 Å². The Kier molecular flexibility index (Phi) is 6.96. The number of hydrogen-bond donors (Lipinski definition) is 2. The monoisotopic (exact) mass is 440 g/mol. The molecule has 172 valence electrons. The summed E-state index contributed by atoms with van der Waals surface area (Å²) < 4.78 is 13.6. The Balaban J connectivity index is 1.78. The van der Waals surface area contributed by atoms with Crippen molar-refractivity contribution in [1.29, 1.82) is 0 Å². The number of aromatic nitrogens is 1. The van der Waals surface area contributed by atoms with Gasteiger partial charge in [0.2, 0.25) is 12.2 Å². The number of nitrogens with one attached hydrogen (secondary N) is 1. The lowest BCUT2D eigenvalue weighted by Gasteiger charge is -2.37. The number of allylic oxidation sites excluding steroid dienone is 1. The third-order valence-electron chi connectivity index (χ3n) is 6.52. The molecular formula is C25H32N2O5. The number of hydrogen-bond acceptors (Lipinski definition) is 5. The molecule has 1 aromatic carbocycles. The third kappa shape index (κ3) is 4.45. The topological polar surface area (TPSA) is 89.8 Å². The fourth-order valence-corrected chi connectivity index (χ4v) is 4.66. The Morgan fingerprint density at radius 1 is 1.28 bits per heavy atom. The van der Waals surface area contributed by atoms with E-state index >= 15 is 0 Å². The van der Waals surface area contributed by atoms with E-state index in [0.29, 0.717) is 19.4 Å². The molecule has 7 nitrogen and oxygen atoms in total. The predicted octanol–water partition coefficient (Wildman–Crippen LogP) is 3.72. The minimum Gasteiger partial charge on any atom is -0.459 e. The van der Waals surface area contributed by atoms with E-state index < -0.39 is 6.29 Å². The minimum absolute atomic E-state index is 0.0655. The summed E-state index contributed by atoms with van der Waals surface area (Å²) in [7, 11) is 0. The molecule has 0 saturated heterocycles. The van der Waals surface area contributed by atoms with E-state index in [1.165, 1.54) is 0 Å². The molecule has 1 fully saturated rings. The molecule has 2 aliphatic rings. The van der Waals surface area contributed by atoms with Gasteiger partial charge in [-0.15, -0.1) is 0 Å². The number of carbonyl (C=O) groups excluding carboxylic acids is 2. The van der Waals surface area contributed by atoms with Crippen molar-refractivity contribution in [2.45, 2.75) is 64.2 Å². The van der Waals surface area contributed by atoms with Gasteiger partial charge in [0, 0.05) is 49.6 Å². The fourth-order valence-electron chi connectivity index (χ4n) is 4.66. The fraction of sp³-hybridized carbons (Fsp3) is 0.520. The highest BCUT2D eigenvalue weighted by molar-refractivity contribution is 5.95. The molecule has 3 atom stereocenters. The standard InChI is InChI=1S/C25H32N2O5/c1-3-31-25-19(11-7-13-28)20(14-23(32-25)24(30)26-17-8-6-9-17)21-15-27(16(2)29)22-12-5-4-10-18(21)22/h4-5,10,12,14-15,17,19-20,25,28H,3,6-9,11,13H2,1-2H3,(H,26,30)/t19-,20+,25-/m0/s1. The number of aliphatic hydroxyl groups is 1. The molecule has 7 heteroatoms. The summed E-state index contributed by atoms with van der Waals surface area (Å²) in [6, 6.07) is 7.99. The molecule has 2 heterocycles. The number of para-hydroxylation sites is 1. The molecule has 2 aromatic rings. The number of aliphatic hydroxyl groups excluding tert-OH is 1. The third-order valence-corrected chi connectivity index (χ3v) is 6.52. The van der Waals surface area contributed by atoms with Crippen LogP contribution in [0.3, 0.4) is 0 Å². The largest absolute Gasteiger partial charge is 0.459 e. The first-order chi connectivity index (χ1) is 15.5. The number of nitrogens with zero attached hydrogens (tertiary/aromatic N) is 1. The Hall–Kier alpha value is -2.64. The Morgan fingerprint density at radius 2 is 2.06 bits per heavy atom. The molecule has 1 aromatic heterocycles. The van der Waals surface area contributed by atoms with Crippen LogP contribution in [0.2, 0.25) is 0 Å². The van der Waals surface area contributed by atoms with Gasteiger partial charge in [0.25, 0.3) is 5.91 Å². The van der Waals surface area contributed by atoms with Crippen LogP contribution in [0, 0.1) is 5.92 Å². The van der Waals surface area contributed by atoms with Crippen LogP contribution in [0.15, 0.2) is 42.3 Å². The van der Waals surface area contributed by atoms with Crippen molar-refractivity contribution < 1.29 is 24.2 Å². The van der Waals surface area contributed by atoms with Crippen molar-refractivity contribution >= 4 is 22.7 Å². The first kappa shape index (κ1) is 22.6. The minimum atomic E-state index is -0.608. The van der Waals surface area contributed by atoms with E-state index in [9.17, 15) is 14.7 Å². The van der Waals surface area contributed by atoms with E-state index in [1.54, 1.807) is 11.5 Å². The Bertz CT molecular complexity index is 1010. The van der Waals surface area contributed by atoms with Crippen molar-refractivity contribution in [3.05, 3.63) is 47.9 Å². The number of fused-ring (bicyclic) bond motifs is 1. The first-order valence-electron chi connectivity index (χ1n) is 11.6. The van der Waals surface area contributed by atoms with Gasteiger partial charge in [0.05, 0.1) is 5.52 Å². The molecule has 32 heavy (non-hydrogen) atoms. The Morgan fingerprint density at radius 3 is 2.72 bits per heavy atom. The second-order valence-electron chi connectivity index (χ2n) is 8.62. The number of carbonyl (C=O) groups is 2. The quantitative estimate of drug-likeness (QED) is 0.653. The first-order valence-corrected chi connectivity index (χ1v) is 11.6. The molecule has 1 aliphatic heterocycles. The number of rotatable bonds is 8. The molecule has 0 radical (unpaired) electrons. The zero-order chi connectivity index (χ0) is 22.7. The molecule has 1 aliphatic carbocycles. The van der Waals surface area contributed by atoms with Crippen LogP contribution in [0.1, 0.15) is 62.2 Å². The van der Waals surface area contributed by atoms with Gasteiger partial charge >= 0.3 is 0 Å². The van der Waals surface area contributed by atoms with Gasteiger partial charge in [-0.3, -0.25) is 14.2 Å². The summed E-state index contributed by atoms with van der Waals surface area (Å²) in [5.41, 5.74) is 1.80. The lowest BCUT2D eigenvalue weighted by Crippen LogP contribution is -2.43. The van der Waals surface area contributed by atoms with E-state index in [1.807, 2.05) is 43.5 Å². The van der Waals surface area contributed by atoms with Crippen molar-refractivity contribution in [1.82, 2.24) is 9.88 Å². The molecule has 4 rings (SSSR count). The highest BCUT2D eigenvalue weighted by atomic mass is 16.7. The van der Waals surface area contributed by atoms with Crippen LogP contribution in [0.25, 0.3) is 10.9 Å². The lowest BCUT2D eigenvalue weighted by molar-refractivity contribution is -0.167. The van der Waals surface area contributed by atoms with Gasteiger partial charge in [-0.2, -0.15) is 0 Å². The highest BCUT2D eigenvalue weighted by Crippen LogP contribution is 2.42. The second-order valence-corrected chi connectivity index (χ2v) is 8.62. The second kappa shape index (κ2) is 9.88. The summed E-state index contributed by atoms with van der Waals surface area (Å²) in [5.74, 6) is -0.326. The number of benzene rings is 1. The number of ether oxygens (including phenoxy) is 2. The maximum absolute atomic E-state index is 13.0. The van der Waals surface area contributed by atoms with Crippen LogP contribution >= 0.6 is 0 Å². The van der Waals surface area contributed by atoms with E-state index in [-0.39, 0.29) is 42.1 Å². The summed E-state index contributed by atoms with van der Waals surface area (Å²) in [6.45, 7) is 3.95. The smallest absolute Gasteiger partial charge is 0.286 e. The predicted molar refractivity (Wildman–Crippen MR) is 121 cm³/mol. The van der Waals surface area contributed by atoms with Gasteiger partial charge in [-0.25, -0.2) is 0 Å². The maximum Gasteiger partial charge on any atom is 0.286 e. The van der Waals surface area contributed by atoms with Crippen molar-refractivity contribution in [3.8, 4) is 0 Å². The molecule has 2 N–H and O–H groups in total. The maximum atomic E-state index is 13.0. The summed E-state index contributed by atoms with van der Waals surface area (Å²) >= 11 is 0. The molecule has 0 unspecified atom stereocenters. The average molecular weight is 441 g/mol. The van der Waals surface area contributed by atoms with Gasteiger partial charge in [0.15, 0.2) is 5.76 Å². The molecule has 1 saturated carbocycles. The van der Waals surface area contributed by atoms with Gasteiger partial charge in [-0.05, 0) is 56.7 Å². The molecule has 1 amide bonds. The van der Waals surface area contributed by atoms with Gasteiger partial charge in [-0.1, -0.05) is 18.2 Å². The van der Waals surface area contributed by atoms with Gasteiger partial charge in [0.1, 0.15) is 0 Å². The normalized spacial score (nSPS) is 23.3. The van der Waals surface area contributed by atoms with Crippen LogP contribution in [-0.2, 0) is 14.3 Å². The molecular weight excluding hydrogens is 408 g/mol. The zero-order valence-corrected chi connectivity index (χ0v) is 18.8. The summed E-state index contributed by atoms with van der Waals surface area (Å²) in [6.07, 6.45) is 7.50. The SMILES string of the molecule is CCO[C@H]1OC(C(=O)NC2CCC2)=C[C@@H](c2cn(C(C)=O)c3ccccc23)[C@@H]1CCCO. The Labute approximate surface area is 188 Å².